The van der Waals surface area contributed by atoms with Gasteiger partial charge in [-0.3, -0.25) is 4.68 Å². The number of hydrogen-bond acceptors (Lipinski definition) is 3. The van der Waals surface area contributed by atoms with Crippen LogP contribution >= 0.6 is 43.2 Å². The highest BCUT2D eigenvalue weighted by Crippen LogP contribution is 2.32. The second-order valence-corrected chi connectivity index (χ2v) is 6.42. The average molecular weight is 380 g/mol. The minimum Gasteiger partial charge on any atom is -0.387 e. The Bertz CT molecular complexity index is 536. The number of thiophene rings is 1. The van der Waals surface area contributed by atoms with Gasteiger partial charge in [-0.1, -0.05) is 0 Å². The molecule has 6 heteroatoms. The van der Waals surface area contributed by atoms with Crippen LogP contribution in [0.2, 0.25) is 0 Å². The molecule has 0 aliphatic carbocycles. The highest BCUT2D eigenvalue weighted by molar-refractivity contribution is 9.10. The lowest BCUT2D eigenvalue weighted by atomic mass is 10.1. The van der Waals surface area contributed by atoms with E-state index in [0.29, 0.717) is 6.42 Å². The lowest BCUT2D eigenvalue weighted by Crippen LogP contribution is -2.06. The van der Waals surface area contributed by atoms with Gasteiger partial charge in [-0.2, -0.15) is 5.10 Å². The zero-order valence-electron chi connectivity index (χ0n) is 9.44. The molecule has 0 fully saturated rings. The van der Waals surface area contributed by atoms with Gasteiger partial charge >= 0.3 is 0 Å². The number of aryl methyl sites for hydroxylation is 2. The fourth-order valence-corrected chi connectivity index (χ4v) is 3.84. The van der Waals surface area contributed by atoms with Crippen LogP contribution in [0.1, 0.15) is 22.4 Å². The zero-order valence-corrected chi connectivity index (χ0v) is 13.4. The Hall–Kier alpha value is -0.170. The van der Waals surface area contributed by atoms with Crippen molar-refractivity contribution >= 4 is 43.2 Å². The largest absolute Gasteiger partial charge is 0.387 e. The first-order valence-corrected chi connectivity index (χ1v) is 7.56. The van der Waals surface area contributed by atoms with Crippen LogP contribution < -0.4 is 0 Å². The van der Waals surface area contributed by atoms with Crippen LogP contribution in [0.25, 0.3) is 0 Å². The molecule has 3 nitrogen and oxygen atoms in total. The third kappa shape index (κ3) is 2.65. The first-order chi connectivity index (χ1) is 8.00. The predicted octanol–water partition coefficient (Wildman–Crippen LogP) is 3.59. The van der Waals surface area contributed by atoms with E-state index in [0.717, 1.165) is 25.2 Å². The van der Waals surface area contributed by atoms with E-state index < -0.39 is 6.10 Å². The number of aromatic nitrogens is 2. The second kappa shape index (κ2) is 5.22. The molecule has 0 spiro atoms. The molecule has 17 heavy (non-hydrogen) atoms. The van der Waals surface area contributed by atoms with E-state index in [1.165, 1.54) is 0 Å². The fourth-order valence-electron chi connectivity index (χ4n) is 1.72. The Morgan fingerprint density at radius 1 is 1.53 bits per heavy atom. The highest BCUT2D eigenvalue weighted by atomic mass is 79.9. The third-order valence-electron chi connectivity index (χ3n) is 2.60. The maximum Gasteiger partial charge on any atom is 0.0948 e. The Morgan fingerprint density at radius 3 is 2.71 bits per heavy atom. The molecular weight excluding hydrogens is 368 g/mol. The Morgan fingerprint density at radius 2 is 2.24 bits per heavy atom. The summed E-state index contributed by atoms with van der Waals surface area (Å²) in [7, 11) is 1.89. The van der Waals surface area contributed by atoms with E-state index in [1.54, 1.807) is 11.3 Å². The quantitative estimate of drug-likeness (QED) is 0.884. The lowest BCUT2D eigenvalue weighted by Gasteiger charge is -2.10. The third-order valence-corrected chi connectivity index (χ3v) is 5.60. The molecule has 0 saturated carbocycles. The van der Waals surface area contributed by atoms with Crippen molar-refractivity contribution in [2.45, 2.75) is 19.4 Å². The number of rotatable bonds is 3. The minimum atomic E-state index is -0.504. The summed E-state index contributed by atoms with van der Waals surface area (Å²) in [5, 5.41) is 16.5. The van der Waals surface area contributed by atoms with Crippen molar-refractivity contribution in [3.63, 3.8) is 0 Å². The molecule has 0 radical (unpaired) electrons. The van der Waals surface area contributed by atoms with Crippen LogP contribution in [0.3, 0.4) is 0 Å². The van der Waals surface area contributed by atoms with E-state index in [2.05, 4.69) is 37.0 Å². The summed E-state index contributed by atoms with van der Waals surface area (Å²) in [6.07, 6.45) is 0.0484. The van der Waals surface area contributed by atoms with Gasteiger partial charge in [0.1, 0.15) is 0 Å². The SMILES string of the molecule is Cc1nn(C)c(CC(O)c2sccc2Br)c1Br. The van der Waals surface area contributed by atoms with Crippen LogP contribution in [-0.4, -0.2) is 14.9 Å². The monoisotopic (exact) mass is 378 g/mol. The van der Waals surface area contributed by atoms with Gasteiger partial charge in [-0.25, -0.2) is 0 Å². The second-order valence-electron chi connectivity index (χ2n) is 3.82. The van der Waals surface area contributed by atoms with Gasteiger partial charge < -0.3 is 5.11 Å². The van der Waals surface area contributed by atoms with Gasteiger partial charge in [0.05, 0.1) is 22.0 Å². The molecule has 92 valence electrons. The van der Waals surface area contributed by atoms with Crippen molar-refractivity contribution in [2.24, 2.45) is 7.05 Å². The van der Waals surface area contributed by atoms with Crippen molar-refractivity contribution in [1.29, 1.82) is 0 Å². The zero-order chi connectivity index (χ0) is 12.6. The molecule has 2 aromatic heterocycles. The molecule has 0 aromatic carbocycles. The first kappa shape index (κ1) is 13.3. The standard InChI is InChI=1S/C11H12Br2N2OS/c1-6-10(13)8(15(2)14-6)5-9(16)11-7(12)3-4-17-11/h3-4,9,16H,5H2,1-2H3. The lowest BCUT2D eigenvalue weighted by molar-refractivity contribution is 0.178. The minimum absolute atomic E-state index is 0.504. The molecule has 0 aliphatic rings. The molecule has 0 bridgehead atoms. The Labute approximate surface area is 121 Å². The summed E-state index contributed by atoms with van der Waals surface area (Å²) < 4.78 is 3.75. The van der Waals surface area contributed by atoms with Gasteiger partial charge in [0.25, 0.3) is 0 Å². The summed E-state index contributed by atoms with van der Waals surface area (Å²) in [6.45, 7) is 1.95. The van der Waals surface area contributed by atoms with Crippen molar-refractivity contribution in [3.05, 3.63) is 36.7 Å². The molecule has 2 heterocycles. The number of aliphatic hydroxyl groups excluding tert-OH is 1. The number of aliphatic hydroxyl groups is 1. The molecule has 2 aromatic rings. The summed E-state index contributed by atoms with van der Waals surface area (Å²) in [5.74, 6) is 0. The van der Waals surface area contributed by atoms with Gasteiger partial charge in [0.2, 0.25) is 0 Å². The molecule has 1 N–H and O–H groups in total. The van der Waals surface area contributed by atoms with Crippen LogP contribution in [0.15, 0.2) is 20.4 Å². The van der Waals surface area contributed by atoms with E-state index in [1.807, 2.05) is 30.1 Å². The first-order valence-electron chi connectivity index (χ1n) is 5.09. The van der Waals surface area contributed by atoms with Gasteiger partial charge in [0.15, 0.2) is 0 Å². The molecule has 0 saturated heterocycles. The van der Waals surface area contributed by atoms with E-state index in [9.17, 15) is 5.11 Å². The molecule has 1 atom stereocenters. The summed E-state index contributed by atoms with van der Waals surface area (Å²) in [6, 6.07) is 1.95. The van der Waals surface area contributed by atoms with E-state index in [4.69, 9.17) is 0 Å². The molecule has 0 amide bonds. The normalized spacial score (nSPS) is 13.0. The summed E-state index contributed by atoms with van der Waals surface area (Å²) in [4.78, 5) is 0.954. The van der Waals surface area contributed by atoms with Crippen LogP contribution in [0.4, 0.5) is 0 Å². The maximum atomic E-state index is 10.2. The maximum absolute atomic E-state index is 10.2. The number of halogens is 2. The average Bonchev–Trinajstić information content (AvgIpc) is 2.78. The summed E-state index contributed by atoms with van der Waals surface area (Å²) >= 11 is 8.50. The number of hydrogen-bond donors (Lipinski definition) is 1. The molecule has 2 rings (SSSR count). The molecule has 1 unspecified atom stereocenters. The number of nitrogens with zero attached hydrogens (tertiary/aromatic N) is 2. The fraction of sp³-hybridized carbons (Fsp3) is 0.364. The van der Waals surface area contributed by atoms with Gasteiger partial charge in [0, 0.05) is 22.8 Å². The Balaban J connectivity index is 2.24. The van der Waals surface area contributed by atoms with Gasteiger partial charge in [-0.15, -0.1) is 11.3 Å². The van der Waals surface area contributed by atoms with Crippen molar-refractivity contribution in [2.75, 3.05) is 0 Å². The highest BCUT2D eigenvalue weighted by Gasteiger charge is 2.18. The van der Waals surface area contributed by atoms with Crippen molar-refractivity contribution < 1.29 is 5.11 Å². The smallest absolute Gasteiger partial charge is 0.0948 e. The molecule has 0 aliphatic heterocycles. The van der Waals surface area contributed by atoms with E-state index in [-0.39, 0.29) is 0 Å². The molecular formula is C11H12Br2N2OS. The van der Waals surface area contributed by atoms with Crippen molar-refractivity contribution in [3.8, 4) is 0 Å². The predicted molar refractivity (Wildman–Crippen MR) is 76.3 cm³/mol. The summed E-state index contributed by atoms with van der Waals surface area (Å²) in [5.41, 5.74) is 1.95. The van der Waals surface area contributed by atoms with E-state index >= 15 is 0 Å². The Kier molecular flexibility index (Phi) is 4.07. The van der Waals surface area contributed by atoms with Crippen LogP contribution in [-0.2, 0) is 13.5 Å². The van der Waals surface area contributed by atoms with Crippen molar-refractivity contribution in [1.82, 2.24) is 9.78 Å². The van der Waals surface area contributed by atoms with Crippen LogP contribution in [0, 0.1) is 6.92 Å². The van der Waals surface area contributed by atoms with Gasteiger partial charge in [-0.05, 0) is 50.2 Å². The van der Waals surface area contributed by atoms with Crippen LogP contribution in [0.5, 0.6) is 0 Å². The topological polar surface area (TPSA) is 38.0 Å².